The number of hydrogen-bond donors (Lipinski definition) is 1. The lowest BCUT2D eigenvalue weighted by atomic mass is 10.1. The first-order chi connectivity index (χ1) is 15.5. The maximum Gasteiger partial charge on any atom is 0.230 e. The summed E-state index contributed by atoms with van der Waals surface area (Å²) in [6.07, 6.45) is 5.39. The lowest BCUT2D eigenvalue weighted by Crippen LogP contribution is -2.45. The zero-order valence-corrected chi connectivity index (χ0v) is 20.0. The van der Waals surface area contributed by atoms with Gasteiger partial charge in [-0.05, 0) is 49.7 Å². The molecular formula is C22H24Cl2N6OS. The molecule has 0 radical (unpaired) electrons. The lowest BCUT2D eigenvalue weighted by molar-refractivity contribution is -0.119. The summed E-state index contributed by atoms with van der Waals surface area (Å²) in [7, 11) is 0. The van der Waals surface area contributed by atoms with Crippen LogP contribution in [0.4, 0.5) is 0 Å². The van der Waals surface area contributed by atoms with Crippen LogP contribution < -0.4 is 5.32 Å². The van der Waals surface area contributed by atoms with Crippen molar-refractivity contribution in [3.63, 3.8) is 0 Å². The topological polar surface area (TPSA) is 75.9 Å². The maximum atomic E-state index is 12.6. The van der Waals surface area contributed by atoms with Gasteiger partial charge in [-0.25, -0.2) is 0 Å². The molecule has 0 bridgehead atoms. The maximum absolute atomic E-state index is 12.6. The van der Waals surface area contributed by atoms with Crippen molar-refractivity contribution in [2.75, 3.05) is 25.4 Å². The van der Waals surface area contributed by atoms with Crippen molar-refractivity contribution in [2.45, 2.75) is 31.0 Å². The van der Waals surface area contributed by atoms with Gasteiger partial charge < -0.3 is 10.2 Å². The summed E-state index contributed by atoms with van der Waals surface area (Å²) in [6, 6.07) is 9.32. The largest absolute Gasteiger partial charge is 0.353 e. The Balaban J connectivity index is 1.51. The van der Waals surface area contributed by atoms with Gasteiger partial charge in [-0.2, -0.15) is 0 Å². The van der Waals surface area contributed by atoms with E-state index in [0.29, 0.717) is 21.0 Å². The van der Waals surface area contributed by atoms with E-state index < -0.39 is 0 Å². The molecule has 1 amide bonds. The van der Waals surface area contributed by atoms with Crippen molar-refractivity contribution in [2.24, 2.45) is 0 Å². The van der Waals surface area contributed by atoms with Crippen LogP contribution in [0, 0.1) is 0 Å². The van der Waals surface area contributed by atoms with E-state index in [1.54, 1.807) is 24.5 Å². The number of halogens is 2. The predicted octanol–water partition coefficient (Wildman–Crippen LogP) is 4.33. The van der Waals surface area contributed by atoms with Crippen LogP contribution in [0.5, 0.6) is 0 Å². The van der Waals surface area contributed by atoms with Crippen LogP contribution >= 0.6 is 35.0 Å². The number of piperidine rings is 1. The number of nitrogens with one attached hydrogen (secondary N) is 1. The summed E-state index contributed by atoms with van der Waals surface area (Å²) in [6.45, 7) is 5.27. The molecule has 1 aliphatic rings. The summed E-state index contributed by atoms with van der Waals surface area (Å²) in [5.41, 5.74) is 1.57. The van der Waals surface area contributed by atoms with E-state index in [1.165, 1.54) is 11.8 Å². The Hall–Kier alpha value is -2.13. The van der Waals surface area contributed by atoms with Crippen molar-refractivity contribution in [3.8, 4) is 17.1 Å². The van der Waals surface area contributed by atoms with Crippen molar-refractivity contribution >= 4 is 40.9 Å². The quantitative estimate of drug-likeness (QED) is 0.496. The van der Waals surface area contributed by atoms with E-state index in [4.69, 9.17) is 23.2 Å². The van der Waals surface area contributed by atoms with Gasteiger partial charge in [0.25, 0.3) is 0 Å². The fraction of sp³-hybridized carbons (Fsp3) is 0.364. The first-order valence-corrected chi connectivity index (χ1v) is 12.2. The third-order valence-electron chi connectivity index (χ3n) is 5.45. The molecule has 32 heavy (non-hydrogen) atoms. The highest BCUT2D eigenvalue weighted by atomic mass is 35.5. The molecule has 1 N–H and O–H groups in total. The summed E-state index contributed by atoms with van der Waals surface area (Å²) in [5, 5.41) is 13.4. The van der Waals surface area contributed by atoms with Crippen LogP contribution in [0.15, 0.2) is 47.9 Å². The number of hydrogen-bond acceptors (Lipinski definition) is 6. The van der Waals surface area contributed by atoms with E-state index in [-0.39, 0.29) is 17.7 Å². The molecule has 2 aromatic heterocycles. The smallest absolute Gasteiger partial charge is 0.230 e. The molecule has 0 unspecified atom stereocenters. The number of aromatic nitrogens is 4. The fourth-order valence-electron chi connectivity index (χ4n) is 3.70. The molecule has 3 aromatic rings. The molecule has 1 aliphatic heterocycles. The average molecular weight is 491 g/mol. The van der Waals surface area contributed by atoms with Gasteiger partial charge >= 0.3 is 0 Å². The number of rotatable bonds is 7. The Labute approximate surface area is 201 Å². The van der Waals surface area contributed by atoms with Gasteiger partial charge in [-0.3, -0.25) is 14.3 Å². The Morgan fingerprint density at radius 3 is 2.69 bits per heavy atom. The number of carbonyl (C=O) groups excluding carboxylic acids is 1. The van der Waals surface area contributed by atoms with Crippen molar-refractivity contribution in [1.29, 1.82) is 0 Å². The predicted molar refractivity (Wildman–Crippen MR) is 129 cm³/mol. The van der Waals surface area contributed by atoms with E-state index >= 15 is 0 Å². The minimum absolute atomic E-state index is 0.00318. The van der Waals surface area contributed by atoms with Crippen LogP contribution in [-0.2, 0) is 4.79 Å². The van der Waals surface area contributed by atoms with Gasteiger partial charge in [0.1, 0.15) is 0 Å². The Bertz CT molecular complexity index is 1070. The molecule has 1 saturated heterocycles. The molecule has 7 nitrogen and oxygen atoms in total. The monoisotopic (exact) mass is 490 g/mol. The first kappa shape index (κ1) is 23.0. The molecule has 0 saturated carbocycles. The van der Waals surface area contributed by atoms with Gasteiger partial charge in [0.15, 0.2) is 11.0 Å². The van der Waals surface area contributed by atoms with Crippen molar-refractivity contribution in [1.82, 2.24) is 30.0 Å². The summed E-state index contributed by atoms with van der Waals surface area (Å²) in [5.74, 6) is 0.864. The van der Waals surface area contributed by atoms with E-state index in [9.17, 15) is 4.79 Å². The molecular weight excluding hydrogens is 467 g/mol. The van der Waals surface area contributed by atoms with Crippen LogP contribution in [0.2, 0.25) is 10.0 Å². The zero-order valence-electron chi connectivity index (χ0n) is 17.7. The second-order valence-corrected chi connectivity index (χ2v) is 9.30. The SMILES string of the molecule is CCN1CCC(NC(=O)CSc2nnc(-c3cccnc3)n2-c2ccc(Cl)c(Cl)c2)CC1. The standard InChI is InChI=1S/C22H24Cl2N6OS/c1-2-29-10-7-16(8-11-29)26-20(31)14-32-22-28-27-21(15-4-3-9-25-13-15)30(22)17-5-6-18(23)19(24)12-17/h3-6,9,12-13,16H,2,7-8,10-11,14H2,1H3,(H,26,31). The number of thioether (sulfide) groups is 1. The Kier molecular flexibility index (Phi) is 7.67. The number of benzene rings is 1. The molecule has 3 heterocycles. The average Bonchev–Trinajstić information content (AvgIpc) is 3.24. The number of amides is 1. The number of likely N-dealkylation sites (tertiary alicyclic amines) is 1. The zero-order chi connectivity index (χ0) is 22.5. The van der Waals surface area contributed by atoms with E-state index in [1.807, 2.05) is 22.8 Å². The number of pyridine rings is 1. The van der Waals surface area contributed by atoms with Gasteiger partial charge in [0, 0.05) is 37.1 Å². The van der Waals surface area contributed by atoms with Crippen LogP contribution in [0.25, 0.3) is 17.1 Å². The number of carbonyl (C=O) groups is 1. The van der Waals surface area contributed by atoms with Gasteiger partial charge in [0.05, 0.1) is 21.5 Å². The lowest BCUT2D eigenvalue weighted by Gasteiger charge is -2.31. The molecule has 10 heteroatoms. The molecule has 0 atom stereocenters. The molecule has 1 fully saturated rings. The van der Waals surface area contributed by atoms with Gasteiger partial charge in [0.2, 0.25) is 5.91 Å². The van der Waals surface area contributed by atoms with Gasteiger partial charge in [-0.1, -0.05) is 41.9 Å². The normalized spacial score (nSPS) is 15.1. The van der Waals surface area contributed by atoms with Crippen molar-refractivity contribution < 1.29 is 4.79 Å². The third kappa shape index (κ3) is 5.43. The number of nitrogens with zero attached hydrogens (tertiary/aromatic N) is 5. The minimum atomic E-state index is -0.00318. The molecule has 4 rings (SSSR count). The minimum Gasteiger partial charge on any atom is -0.353 e. The highest BCUT2D eigenvalue weighted by molar-refractivity contribution is 7.99. The molecule has 1 aromatic carbocycles. The van der Waals surface area contributed by atoms with Crippen LogP contribution in [0.3, 0.4) is 0 Å². The summed E-state index contributed by atoms with van der Waals surface area (Å²) < 4.78 is 1.87. The van der Waals surface area contributed by atoms with Crippen LogP contribution in [0.1, 0.15) is 19.8 Å². The first-order valence-electron chi connectivity index (χ1n) is 10.5. The third-order valence-corrected chi connectivity index (χ3v) is 7.11. The van der Waals surface area contributed by atoms with Gasteiger partial charge in [-0.15, -0.1) is 10.2 Å². The fourth-order valence-corrected chi connectivity index (χ4v) is 4.75. The van der Waals surface area contributed by atoms with E-state index in [2.05, 4.69) is 32.3 Å². The van der Waals surface area contributed by atoms with Crippen molar-refractivity contribution in [3.05, 3.63) is 52.8 Å². The second-order valence-electron chi connectivity index (χ2n) is 7.55. The second kappa shape index (κ2) is 10.7. The Morgan fingerprint density at radius 2 is 2.00 bits per heavy atom. The highest BCUT2D eigenvalue weighted by Crippen LogP contribution is 2.31. The molecule has 0 spiro atoms. The Morgan fingerprint density at radius 1 is 1.19 bits per heavy atom. The molecule has 0 aliphatic carbocycles. The highest BCUT2D eigenvalue weighted by Gasteiger charge is 2.21. The van der Waals surface area contributed by atoms with Crippen LogP contribution in [-0.4, -0.2) is 62.0 Å². The summed E-state index contributed by atoms with van der Waals surface area (Å²) >= 11 is 13.7. The molecule has 168 valence electrons. The van der Waals surface area contributed by atoms with E-state index in [0.717, 1.165) is 43.7 Å². The summed E-state index contributed by atoms with van der Waals surface area (Å²) in [4.78, 5) is 19.2.